The topological polar surface area (TPSA) is 66.5 Å². The van der Waals surface area contributed by atoms with E-state index in [1.54, 1.807) is 17.5 Å². The lowest BCUT2D eigenvalue weighted by Crippen LogP contribution is -2.52. The van der Waals surface area contributed by atoms with Crippen LogP contribution in [-0.4, -0.2) is 31.2 Å². The molecule has 0 radical (unpaired) electrons. The highest BCUT2D eigenvalue weighted by Crippen LogP contribution is 2.30. The number of sulfonamides is 1. The second kappa shape index (κ2) is 8.49. The third kappa shape index (κ3) is 4.27. The van der Waals surface area contributed by atoms with Crippen molar-refractivity contribution < 1.29 is 13.2 Å². The number of fused-ring (bicyclic) bond motifs is 1. The molecule has 150 valence electrons. The summed E-state index contributed by atoms with van der Waals surface area (Å²) in [4.78, 5) is 13.0. The molecule has 0 saturated carbocycles. The number of carbonyl (C=O) groups excluding carboxylic acids is 1. The van der Waals surface area contributed by atoms with Crippen molar-refractivity contribution in [3.05, 3.63) is 88.8 Å². The van der Waals surface area contributed by atoms with E-state index in [1.807, 2.05) is 54.6 Å². The standard InChI is InChI=1S/C22H22N2O3S2/c25-22(23-13-12-17-7-2-1-3-8-17)20-15-18-9-4-5-10-19(18)16-24(20)29(26,27)21-11-6-14-28-21/h1-11,14,20H,12-13,15-16H2,(H,23,25). The van der Waals surface area contributed by atoms with Crippen LogP contribution in [0.5, 0.6) is 0 Å². The fourth-order valence-corrected chi connectivity index (χ4v) is 6.28. The number of hydrogen-bond acceptors (Lipinski definition) is 4. The first-order valence-corrected chi connectivity index (χ1v) is 11.8. The summed E-state index contributed by atoms with van der Waals surface area (Å²) in [6.45, 7) is 0.668. The fourth-order valence-electron chi connectivity index (χ4n) is 3.59. The molecule has 4 rings (SSSR count). The smallest absolute Gasteiger partial charge is 0.253 e. The van der Waals surface area contributed by atoms with E-state index in [2.05, 4.69) is 5.32 Å². The number of rotatable bonds is 6. The minimum atomic E-state index is -3.74. The number of nitrogens with one attached hydrogen (secondary N) is 1. The van der Waals surface area contributed by atoms with Crippen LogP contribution in [0.3, 0.4) is 0 Å². The van der Waals surface area contributed by atoms with E-state index in [-0.39, 0.29) is 16.7 Å². The average Bonchev–Trinajstić information content (AvgIpc) is 3.29. The van der Waals surface area contributed by atoms with E-state index in [0.29, 0.717) is 19.4 Å². The molecule has 1 aliphatic rings. The normalized spacial score (nSPS) is 16.9. The summed E-state index contributed by atoms with van der Waals surface area (Å²) in [5, 5.41) is 4.67. The molecule has 29 heavy (non-hydrogen) atoms. The number of hydrogen-bond donors (Lipinski definition) is 1. The molecular weight excluding hydrogens is 404 g/mol. The van der Waals surface area contributed by atoms with Gasteiger partial charge in [0.2, 0.25) is 5.91 Å². The van der Waals surface area contributed by atoms with Gasteiger partial charge in [-0.05, 0) is 41.0 Å². The van der Waals surface area contributed by atoms with Crippen molar-refractivity contribution in [2.45, 2.75) is 29.6 Å². The van der Waals surface area contributed by atoms with E-state index in [1.165, 1.54) is 15.6 Å². The maximum Gasteiger partial charge on any atom is 0.253 e. The van der Waals surface area contributed by atoms with Gasteiger partial charge in [0.15, 0.2) is 0 Å². The van der Waals surface area contributed by atoms with Gasteiger partial charge in [0, 0.05) is 13.1 Å². The lowest BCUT2D eigenvalue weighted by molar-refractivity contribution is -0.125. The van der Waals surface area contributed by atoms with Crippen LogP contribution in [0.4, 0.5) is 0 Å². The van der Waals surface area contributed by atoms with E-state index in [0.717, 1.165) is 16.7 Å². The van der Waals surface area contributed by atoms with Crippen LogP contribution < -0.4 is 5.32 Å². The maximum atomic E-state index is 13.2. The molecule has 0 saturated heterocycles. The van der Waals surface area contributed by atoms with Crippen LogP contribution in [0.1, 0.15) is 16.7 Å². The van der Waals surface area contributed by atoms with Gasteiger partial charge in [0.1, 0.15) is 10.3 Å². The molecule has 0 spiro atoms. The molecule has 3 aromatic rings. The number of benzene rings is 2. The summed E-state index contributed by atoms with van der Waals surface area (Å²) in [7, 11) is -3.74. The zero-order valence-corrected chi connectivity index (χ0v) is 17.5. The Morgan fingerprint density at radius 1 is 1.00 bits per heavy atom. The lowest BCUT2D eigenvalue weighted by atomic mass is 9.95. The highest BCUT2D eigenvalue weighted by molar-refractivity contribution is 7.91. The fraction of sp³-hybridized carbons (Fsp3) is 0.227. The summed E-state index contributed by atoms with van der Waals surface area (Å²) in [5.74, 6) is -0.254. The molecule has 2 aromatic carbocycles. The van der Waals surface area contributed by atoms with Crippen LogP contribution in [0.2, 0.25) is 0 Å². The van der Waals surface area contributed by atoms with Gasteiger partial charge in [-0.1, -0.05) is 60.7 Å². The van der Waals surface area contributed by atoms with Gasteiger partial charge in [-0.15, -0.1) is 11.3 Å². The minimum Gasteiger partial charge on any atom is -0.354 e. The van der Waals surface area contributed by atoms with Crippen molar-refractivity contribution in [2.24, 2.45) is 0 Å². The van der Waals surface area contributed by atoms with Crippen LogP contribution in [0.25, 0.3) is 0 Å². The Hall–Kier alpha value is -2.48. The number of amides is 1. The van der Waals surface area contributed by atoms with E-state index >= 15 is 0 Å². The molecule has 1 unspecified atom stereocenters. The molecule has 1 amide bonds. The second-order valence-electron chi connectivity index (χ2n) is 7.00. The summed E-state index contributed by atoms with van der Waals surface area (Å²) < 4.78 is 28.1. The zero-order valence-electron chi connectivity index (χ0n) is 15.8. The van der Waals surface area contributed by atoms with Gasteiger partial charge >= 0.3 is 0 Å². The third-order valence-corrected chi connectivity index (χ3v) is 8.35. The Kier molecular flexibility index (Phi) is 5.80. The quantitative estimate of drug-likeness (QED) is 0.658. The van der Waals surface area contributed by atoms with Gasteiger partial charge < -0.3 is 5.32 Å². The van der Waals surface area contributed by atoms with Crippen LogP contribution in [-0.2, 0) is 34.2 Å². The molecule has 1 N–H and O–H groups in total. The Bertz CT molecular complexity index is 1080. The number of nitrogens with zero attached hydrogens (tertiary/aromatic N) is 1. The van der Waals surface area contributed by atoms with Crippen LogP contribution >= 0.6 is 11.3 Å². The number of thiophene rings is 1. The summed E-state index contributed by atoms with van der Waals surface area (Å²) in [5.41, 5.74) is 3.10. The summed E-state index contributed by atoms with van der Waals surface area (Å²) >= 11 is 1.17. The molecule has 1 aliphatic heterocycles. The van der Waals surface area contributed by atoms with Gasteiger partial charge in [0.05, 0.1) is 0 Å². The summed E-state index contributed by atoms with van der Waals surface area (Å²) in [6.07, 6.45) is 1.07. The Morgan fingerprint density at radius 3 is 2.45 bits per heavy atom. The van der Waals surface area contributed by atoms with E-state index < -0.39 is 16.1 Å². The first kappa shape index (κ1) is 19.8. The Labute approximate surface area is 175 Å². The van der Waals surface area contributed by atoms with E-state index in [9.17, 15) is 13.2 Å². The molecule has 0 bridgehead atoms. The Morgan fingerprint density at radius 2 is 1.72 bits per heavy atom. The number of carbonyl (C=O) groups is 1. The van der Waals surface area contributed by atoms with Crippen molar-refractivity contribution in [1.82, 2.24) is 9.62 Å². The first-order chi connectivity index (χ1) is 14.1. The maximum absolute atomic E-state index is 13.2. The molecule has 5 nitrogen and oxygen atoms in total. The largest absolute Gasteiger partial charge is 0.354 e. The third-order valence-electron chi connectivity index (χ3n) is 5.12. The highest BCUT2D eigenvalue weighted by Gasteiger charge is 2.39. The molecule has 2 heterocycles. The Balaban J connectivity index is 1.55. The van der Waals surface area contributed by atoms with Gasteiger partial charge in [0.25, 0.3) is 10.0 Å². The van der Waals surface area contributed by atoms with Crippen molar-refractivity contribution in [3.63, 3.8) is 0 Å². The van der Waals surface area contributed by atoms with Crippen molar-refractivity contribution in [3.8, 4) is 0 Å². The second-order valence-corrected chi connectivity index (χ2v) is 10.1. The van der Waals surface area contributed by atoms with Gasteiger partial charge in [-0.2, -0.15) is 4.31 Å². The van der Waals surface area contributed by atoms with Gasteiger partial charge in [-0.25, -0.2) is 8.42 Å². The lowest BCUT2D eigenvalue weighted by Gasteiger charge is -2.34. The molecule has 0 fully saturated rings. The van der Waals surface area contributed by atoms with E-state index in [4.69, 9.17) is 0 Å². The van der Waals surface area contributed by atoms with Crippen molar-refractivity contribution >= 4 is 27.3 Å². The minimum absolute atomic E-state index is 0.202. The van der Waals surface area contributed by atoms with Crippen molar-refractivity contribution in [1.29, 1.82) is 0 Å². The summed E-state index contributed by atoms with van der Waals surface area (Å²) in [6, 6.07) is 20.2. The SMILES string of the molecule is O=C(NCCc1ccccc1)C1Cc2ccccc2CN1S(=O)(=O)c1cccs1. The first-order valence-electron chi connectivity index (χ1n) is 9.49. The van der Waals surface area contributed by atoms with Gasteiger partial charge in [-0.3, -0.25) is 4.79 Å². The molecule has 7 heteroatoms. The highest BCUT2D eigenvalue weighted by atomic mass is 32.2. The molecule has 0 aliphatic carbocycles. The molecule has 1 aromatic heterocycles. The predicted octanol–water partition coefficient (Wildman–Crippen LogP) is 3.22. The van der Waals surface area contributed by atoms with Crippen LogP contribution in [0, 0.1) is 0 Å². The monoisotopic (exact) mass is 426 g/mol. The predicted molar refractivity (Wildman–Crippen MR) is 114 cm³/mol. The average molecular weight is 427 g/mol. The zero-order chi connectivity index (χ0) is 20.3. The molecular formula is C22H22N2O3S2. The van der Waals surface area contributed by atoms with Crippen molar-refractivity contribution in [2.75, 3.05) is 6.54 Å². The van der Waals surface area contributed by atoms with Crippen LogP contribution in [0.15, 0.2) is 76.3 Å². The molecule has 1 atom stereocenters.